The van der Waals surface area contributed by atoms with E-state index in [-0.39, 0.29) is 5.41 Å². The zero-order valence-corrected chi connectivity index (χ0v) is 11.0. The lowest BCUT2D eigenvalue weighted by Crippen LogP contribution is -2.33. The van der Waals surface area contributed by atoms with Crippen LogP contribution in [0.1, 0.15) is 26.3 Å². The van der Waals surface area contributed by atoms with Gasteiger partial charge in [-0.3, -0.25) is 0 Å². The van der Waals surface area contributed by atoms with Gasteiger partial charge in [0.1, 0.15) is 6.07 Å². The average Bonchev–Trinajstić information content (AvgIpc) is 2.24. The van der Waals surface area contributed by atoms with Crippen molar-refractivity contribution >= 4 is 17.3 Å². The van der Waals surface area contributed by atoms with E-state index in [9.17, 15) is 5.11 Å². The lowest BCUT2D eigenvalue weighted by Gasteiger charge is -2.26. The van der Waals surface area contributed by atoms with Crippen LogP contribution < -0.4 is 5.32 Å². The summed E-state index contributed by atoms with van der Waals surface area (Å²) < 4.78 is 0. The molecule has 0 aliphatic rings. The Hall–Kier alpha value is -1.24. The number of nitrogens with zero attached hydrogens (tertiary/aromatic N) is 1. The number of halogens is 1. The highest BCUT2D eigenvalue weighted by Crippen LogP contribution is 2.23. The Labute approximate surface area is 107 Å². The SMILES string of the molecule is CC(C)(C)C(O)CNc1cc(Cl)ccc1C#N. The fourth-order valence-electron chi connectivity index (χ4n) is 1.27. The van der Waals surface area contributed by atoms with Crippen molar-refractivity contribution in [2.45, 2.75) is 26.9 Å². The number of aliphatic hydroxyl groups is 1. The second-order valence-electron chi connectivity index (χ2n) is 5.06. The predicted octanol–water partition coefficient (Wildman–Crippen LogP) is 3.03. The van der Waals surface area contributed by atoms with Gasteiger partial charge in [-0.1, -0.05) is 32.4 Å². The molecule has 0 saturated heterocycles. The molecule has 3 nitrogen and oxygen atoms in total. The third-order valence-electron chi connectivity index (χ3n) is 2.59. The lowest BCUT2D eigenvalue weighted by atomic mass is 9.89. The van der Waals surface area contributed by atoms with Crippen molar-refractivity contribution in [1.82, 2.24) is 0 Å². The second kappa shape index (κ2) is 5.39. The molecule has 1 unspecified atom stereocenters. The van der Waals surface area contributed by atoms with Gasteiger partial charge in [0, 0.05) is 11.6 Å². The van der Waals surface area contributed by atoms with Gasteiger partial charge in [0.15, 0.2) is 0 Å². The zero-order chi connectivity index (χ0) is 13.1. The summed E-state index contributed by atoms with van der Waals surface area (Å²) in [6.07, 6.45) is -0.493. The number of nitriles is 1. The van der Waals surface area contributed by atoms with Gasteiger partial charge >= 0.3 is 0 Å². The van der Waals surface area contributed by atoms with Gasteiger partial charge < -0.3 is 10.4 Å². The van der Waals surface area contributed by atoms with Crippen LogP contribution in [0.4, 0.5) is 5.69 Å². The summed E-state index contributed by atoms with van der Waals surface area (Å²) in [7, 11) is 0. The number of hydrogen-bond donors (Lipinski definition) is 2. The van der Waals surface area contributed by atoms with E-state index in [0.29, 0.717) is 22.8 Å². The highest BCUT2D eigenvalue weighted by Gasteiger charge is 2.21. The monoisotopic (exact) mass is 252 g/mol. The first-order chi connectivity index (χ1) is 7.84. The topological polar surface area (TPSA) is 56.0 Å². The molecule has 4 heteroatoms. The molecule has 0 aliphatic heterocycles. The number of aliphatic hydroxyl groups excluding tert-OH is 1. The molecule has 0 spiro atoms. The molecule has 1 aromatic carbocycles. The van der Waals surface area contributed by atoms with Crippen molar-refractivity contribution in [2.24, 2.45) is 5.41 Å². The van der Waals surface area contributed by atoms with Crippen LogP contribution in [0, 0.1) is 16.7 Å². The van der Waals surface area contributed by atoms with Crippen LogP contribution in [0.15, 0.2) is 18.2 Å². The molecule has 0 bridgehead atoms. The maximum absolute atomic E-state index is 9.90. The largest absolute Gasteiger partial charge is 0.391 e. The Balaban J connectivity index is 2.76. The van der Waals surface area contributed by atoms with Crippen LogP contribution in [-0.2, 0) is 0 Å². The van der Waals surface area contributed by atoms with Gasteiger partial charge in [0.05, 0.1) is 17.4 Å². The summed E-state index contributed by atoms with van der Waals surface area (Å²) in [5.74, 6) is 0. The van der Waals surface area contributed by atoms with Crippen LogP contribution in [0.25, 0.3) is 0 Å². The second-order valence-corrected chi connectivity index (χ2v) is 5.50. The molecule has 0 aliphatic carbocycles. The molecule has 92 valence electrons. The summed E-state index contributed by atoms with van der Waals surface area (Å²) in [6, 6.07) is 7.11. The lowest BCUT2D eigenvalue weighted by molar-refractivity contribution is 0.0746. The van der Waals surface area contributed by atoms with E-state index < -0.39 is 6.10 Å². The van der Waals surface area contributed by atoms with Crippen molar-refractivity contribution < 1.29 is 5.11 Å². The molecule has 0 saturated carbocycles. The zero-order valence-electron chi connectivity index (χ0n) is 10.3. The van der Waals surface area contributed by atoms with Gasteiger partial charge in [0.25, 0.3) is 0 Å². The first-order valence-corrected chi connectivity index (χ1v) is 5.84. The molecular formula is C13H17ClN2O. The van der Waals surface area contributed by atoms with E-state index in [0.717, 1.165) is 0 Å². The molecule has 1 rings (SSSR count). The van der Waals surface area contributed by atoms with E-state index in [2.05, 4.69) is 11.4 Å². The van der Waals surface area contributed by atoms with Crippen LogP contribution in [0.3, 0.4) is 0 Å². The Bertz CT molecular complexity index is 432. The van der Waals surface area contributed by atoms with Gasteiger partial charge in [-0.2, -0.15) is 5.26 Å². The van der Waals surface area contributed by atoms with E-state index in [1.165, 1.54) is 0 Å². The summed E-state index contributed by atoms with van der Waals surface area (Å²) in [5.41, 5.74) is 0.983. The molecule has 0 radical (unpaired) electrons. The number of hydrogen-bond acceptors (Lipinski definition) is 3. The van der Waals surface area contributed by atoms with E-state index in [4.69, 9.17) is 16.9 Å². The third kappa shape index (κ3) is 3.92. The number of anilines is 1. The highest BCUT2D eigenvalue weighted by molar-refractivity contribution is 6.30. The summed E-state index contributed by atoms with van der Waals surface area (Å²) in [4.78, 5) is 0. The van der Waals surface area contributed by atoms with Crippen molar-refractivity contribution in [3.63, 3.8) is 0 Å². The Morgan fingerprint density at radius 1 is 1.47 bits per heavy atom. The van der Waals surface area contributed by atoms with Crippen LogP contribution in [0.2, 0.25) is 5.02 Å². The van der Waals surface area contributed by atoms with Crippen molar-refractivity contribution in [3.05, 3.63) is 28.8 Å². The standard InChI is InChI=1S/C13H17ClN2O/c1-13(2,3)12(17)8-16-11-6-10(14)5-4-9(11)7-15/h4-6,12,16-17H,8H2,1-3H3. The maximum atomic E-state index is 9.90. The molecule has 0 aromatic heterocycles. The molecule has 1 atom stereocenters. The quantitative estimate of drug-likeness (QED) is 0.869. The Morgan fingerprint density at radius 3 is 2.65 bits per heavy atom. The predicted molar refractivity (Wildman–Crippen MR) is 70.1 cm³/mol. The van der Waals surface area contributed by atoms with Crippen molar-refractivity contribution in [3.8, 4) is 6.07 Å². The smallest absolute Gasteiger partial charge is 0.101 e. The van der Waals surface area contributed by atoms with Gasteiger partial charge in [0.2, 0.25) is 0 Å². The van der Waals surface area contributed by atoms with Crippen molar-refractivity contribution in [1.29, 1.82) is 5.26 Å². The van der Waals surface area contributed by atoms with Crippen LogP contribution in [-0.4, -0.2) is 17.8 Å². The fraction of sp³-hybridized carbons (Fsp3) is 0.462. The van der Waals surface area contributed by atoms with Crippen LogP contribution >= 0.6 is 11.6 Å². The first kappa shape index (κ1) is 13.8. The third-order valence-corrected chi connectivity index (χ3v) is 2.82. The maximum Gasteiger partial charge on any atom is 0.101 e. The fourth-order valence-corrected chi connectivity index (χ4v) is 1.45. The molecule has 0 heterocycles. The van der Waals surface area contributed by atoms with E-state index in [1.807, 2.05) is 20.8 Å². The number of benzene rings is 1. The normalized spacial score (nSPS) is 12.9. The van der Waals surface area contributed by atoms with E-state index in [1.54, 1.807) is 18.2 Å². The summed E-state index contributed by atoms with van der Waals surface area (Å²) in [5, 5.41) is 22.5. The van der Waals surface area contributed by atoms with Gasteiger partial charge in [-0.15, -0.1) is 0 Å². The average molecular weight is 253 g/mol. The summed E-state index contributed by atoms with van der Waals surface area (Å²) >= 11 is 5.87. The Morgan fingerprint density at radius 2 is 2.12 bits per heavy atom. The highest BCUT2D eigenvalue weighted by atomic mass is 35.5. The minimum atomic E-state index is -0.493. The van der Waals surface area contributed by atoms with Crippen LogP contribution in [0.5, 0.6) is 0 Å². The number of rotatable bonds is 3. The Kier molecular flexibility index (Phi) is 4.39. The van der Waals surface area contributed by atoms with Crippen molar-refractivity contribution in [2.75, 3.05) is 11.9 Å². The molecule has 1 aromatic rings. The molecule has 0 amide bonds. The van der Waals surface area contributed by atoms with E-state index >= 15 is 0 Å². The molecule has 0 fully saturated rings. The van der Waals surface area contributed by atoms with Gasteiger partial charge in [-0.25, -0.2) is 0 Å². The molecule has 2 N–H and O–H groups in total. The minimum absolute atomic E-state index is 0.196. The first-order valence-electron chi connectivity index (χ1n) is 5.46. The summed E-state index contributed by atoms with van der Waals surface area (Å²) in [6.45, 7) is 6.27. The molecular weight excluding hydrogens is 236 g/mol. The minimum Gasteiger partial charge on any atom is -0.391 e. The van der Waals surface area contributed by atoms with Gasteiger partial charge in [-0.05, 0) is 23.6 Å². The number of nitrogens with one attached hydrogen (secondary N) is 1. The molecule has 17 heavy (non-hydrogen) atoms.